The molecule has 3 aromatic carbocycles. The SMILES string of the molecule is Nc1ccc(Oc2ccnc(N)n2)cc1.Nc1nccc(Oc2ccc(NC(=O)Nc3ccccc3)cc2)n1. The molecule has 0 saturated heterocycles. The van der Waals surface area contributed by atoms with Gasteiger partial charge in [-0.15, -0.1) is 0 Å². The van der Waals surface area contributed by atoms with E-state index < -0.39 is 0 Å². The molecule has 0 aliphatic carbocycles. The van der Waals surface area contributed by atoms with Crippen LogP contribution in [0.25, 0.3) is 0 Å². The third-order valence-corrected chi connectivity index (χ3v) is 4.77. The molecule has 2 heterocycles. The summed E-state index contributed by atoms with van der Waals surface area (Å²) >= 11 is 0. The number of rotatable bonds is 6. The Kier molecular flexibility index (Phi) is 8.63. The molecule has 0 unspecified atom stereocenters. The topological polar surface area (TPSA) is 189 Å². The Labute approximate surface area is 223 Å². The first-order valence-corrected chi connectivity index (χ1v) is 11.5. The monoisotopic (exact) mass is 523 g/mol. The Morgan fingerprint density at radius 1 is 0.590 bits per heavy atom. The molecule has 0 bridgehead atoms. The van der Waals surface area contributed by atoms with Crippen LogP contribution in [0.4, 0.5) is 33.8 Å². The number of anilines is 5. The Hall–Kier alpha value is -5.91. The molecule has 0 saturated carbocycles. The minimum absolute atomic E-state index is 0.142. The Morgan fingerprint density at radius 3 is 1.54 bits per heavy atom. The lowest BCUT2D eigenvalue weighted by Gasteiger charge is -2.09. The second-order valence-electron chi connectivity index (χ2n) is 7.75. The van der Waals surface area contributed by atoms with E-state index in [1.165, 1.54) is 12.4 Å². The Balaban J connectivity index is 0.000000202. The van der Waals surface area contributed by atoms with Crippen LogP contribution in [-0.2, 0) is 0 Å². The third kappa shape index (κ3) is 8.61. The summed E-state index contributed by atoms with van der Waals surface area (Å²) in [4.78, 5) is 27.3. The molecule has 12 nitrogen and oxygen atoms in total. The molecule has 39 heavy (non-hydrogen) atoms. The number of para-hydroxylation sites is 1. The van der Waals surface area contributed by atoms with E-state index in [9.17, 15) is 4.79 Å². The molecule has 8 N–H and O–H groups in total. The second-order valence-corrected chi connectivity index (χ2v) is 7.75. The van der Waals surface area contributed by atoms with E-state index in [0.717, 1.165) is 5.69 Å². The highest BCUT2D eigenvalue weighted by Gasteiger charge is 2.04. The zero-order valence-corrected chi connectivity index (χ0v) is 20.6. The molecule has 0 radical (unpaired) electrons. The number of nitrogens with zero attached hydrogens (tertiary/aromatic N) is 4. The number of hydrogen-bond donors (Lipinski definition) is 5. The summed E-state index contributed by atoms with van der Waals surface area (Å²) in [5, 5.41) is 5.48. The van der Waals surface area contributed by atoms with E-state index in [1.807, 2.05) is 30.3 Å². The highest BCUT2D eigenvalue weighted by atomic mass is 16.5. The van der Waals surface area contributed by atoms with Gasteiger partial charge < -0.3 is 37.3 Å². The molecule has 0 spiro atoms. The molecular weight excluding hydrogens is 498 g/mol. The van der Waals surface area contributed by atoms with E-state index in [-0.39, 0.29) is 17.9 Å². The predicted octanol–water partition coefficient (Wildman–Crippen LogP) is 4.93. The van der Waals surface area contributed by atoms with E-state index in [2.05, 4.69) is 30.6 Å². The van der Waals surface area contributed by atoms with Gasteiger partial charge in [0, 0.05) is 41.6 Å². The second kappa shape index (κ2) is 12.9. The van der Waals surface area contributed by atoms with Crippen molar-refractivity contribution in [3.05, 3.63) is 103 Å². The first kappa shape index (κ1) is 26.2. The van der Waals surface area contributed by atoms with Crippen LogP contribution in [0.2, 0.25) is 0 Å². The van der Waals surface area contributed by atoms with Crippen LogP contribution < -0.4 is 37.3 Å². The fourth-order valence-electron chi connectivity index (χ4n) is 3.03. The van der Waals surface area contributed by atoms with Gasteiger partial charge in [0.15, 0.2) is 0 Å². The number of carbonyl (C=O) groups excluding carboxylic acids is 1. The number of aromatic nitrogens is 4. The zero-order chi connectivity index (χ0) is 27.5. The van der Waals surface area contributed by atoms with Crippen LogP contribution in [0.15, 0.2) is 103 Å². The van der Waals surface area contributed by atoms with Gasteiger partial charge in [-0.2, -0.15) is 9.97 Å². The van der Waals surface area contributed by atoms with Crippen molar-refractivity contribution in [2.24, 2.45) is 0 Å². The lowest BCUT2D eigenvalue weighted by atomic mass is 10.3. The van der Waals surface area contributed by atoms with Crippen molar-refractivity contribution in [2.75, 3.05) is 27.8 Å². The molecule has 196 valence electrons. The van der Waals surface area contributed by atoms with E-state index >= 15 is 0 Å². The maximum absolute atomic E-state index is 11.9. The molecule has 2 amide bonds. The maximum atomic E-state index is 11.9. The first-order chi connectivity index (χ1) is 18.9. The van der Waals surface area contributed by atoms with E-state index in [0.29, 0.717) is 34.6 Å². The number of benzene rings is 3. The van der Waals surface area contributed by atoms with Crippen molar-refractivity contribution in [2.45, 2.75) is 0 Å². The zero-order valence-electron chi connectivity index (χ0n) is 20.6. The van der Waals surface area contributed by atoms with E-state index in [4.69, 9.17) is 26.7 Å². The van der Waals surface area contributed by atoms with Gasteiger partial charge in [-0.3, -0.25) is 0 Å². The lowest BCUT2D eigenvalue weighted by molar-refractivity contribution is 0.262. The van der Waals surface area contributed by atoms with Crippen molar-refractivity contribution in [1.82, 2.24) is 19.9 Å². The number of nitrogen functional groups attached to an aromatic ring is 3. The molecule has 0 atom stereocenters. The summed E-state index contributed by atoms with van der Waals surface area (Å²) in [6.07, 6.45) is 3.05. The summed E-state index contributed by atoms with van der Waals surface area (Å²) in [5.74, 6) is 2.31. The quantitative estimate of drug-likeness (QED) is 0.191. The number of nitrogens with two attached hydrogens (primary N) is 3. The molecule has 12 heteroatoms. The molecule has 5 rings (SSSR count). The summed E-state index contributed by atoms with van der Waals surface area (Å²) in [7, 11) is 0. The Morgan fingerprint density at radius 2 is 1.05 bits per heavy atom. The highest BCUT2D eigenvalue weighted by Crippen LogP contribution is 2.22. The molecule has 0 fully saturated rings. The number of hydrogen-bond acceptors (Lipinski definition) is 10. The van der Waals surface area contributed by atoms with Gasteiger partial charge in [-0.1, -0.05) is 18.2 Å². The molecular formula is C27H25N9O3. The average molecular weight is 524 g/mol. The molecule has 2 aromatic heterocycles. The van der Waals surface area contributed by atoms with Gasteiger partial charge in [-0.05, 0) is 60.7 Å². The van der Waals surface area contributed by atoms with Gasteiger partial charge in [0.25, 0.3) is 0 Å². The molecule has 5 aromatic rings. The summed E-state index contributed by atoms with van der Waals surface area (Å²) in [6.45, 7) is 0. The van der Waals surface area contributed by atoms with Crippen molar-refractivity contribution >= 4 is 35.0 Å². The van der Waals surface area contributed by atoms with Crippen LogP contribution in [-0.4, -0.2) is 26.0 Å². The van der Waals surface area contributed by atoms with Crippen molar-refractivity contribution in [3.63, 3.8) is 0 Å². The van der Waals surface area contributed by atoms with Crippen LogP contribution in [0.1, 0.15) is 0 Å². The summed E-state index contributed by atoms with van der Waals surface area (Å²) < 4.78 is 11.0. The van der Waals surface area contributed by atoms with Crippen LogP contribution in [0.5, 0.6) is 23.3 Å². The molecule has 0 aliphatic heterocycles. The smallest absolute Gasteiger partial charge is 0.323 e. The van der Waals surface area contributed by atoms with Crippen LogP contribution in [0.3, 0.4) is 0 Å². The maximum Gasteiger partial charge on any atom is 0.323 e. The van der Waals surface area contributed by atoms with E-state index in [1.54, 1.807) is 60.7 Å². The number of ether oxygens (including phenoxy) is 2. The van der Waals surface area contributed by atoms with Crippen LogP contribution >= 0.6 is 0 Å². The predicted molar refractivity (Wildman–Crippen MR) is 149 cm³/mol. The van der Waals surface area contributed by atoms with Gasteiger partial charge in [0.2, 0.25) is 23.7 Å². The standard InChI is InChI=1S/C17H15N5O2.C10H10N4O/c18-16-19-11-10-15(22-16)24-14-8-6-13(7-9-14)21-17(23)20-12-4-2-1-3-5-12;11-7-1-3-8(4-2-7)15-9-5-6-13-10(12)14-9/h1-11H,(H2,18,19,22)(H2,20,21,23);1-6H,11H2,(H2,12,13,14). The number of urea groups is 1. The number of nitrogens with one attached hydrogen (secondary N) is 2. The minimum atomic E-state index is -0.321. The normalized spacial score (nSPS) is 9.95. The Bertz CT molecular complexity index is 1500. The minimum Gasteiger partial charge on any atom is -0.439 e. The summed E-state index contributed by atoms with van der Waals surface area (Å²) in [5.41, 5.74) is 18.5. The lowest BCUT2D eigenvalue weighted by Crippen LogP contribution is -2.19. The first-order valence-electron chi connectivity index (χ1n) is 11.5. The fraction of sp³-hybridized carbons (Fsp3) is 0. The number of carbonyl (C=O) groups is 1. The van der Waals surface area contributed by atoms with Gasteiger partial charge in [0.05, 0.1) is 0 Å². The van der Waals surface area contributed by atoms with Crippen molar-refractivity contribution in [3.8, 4) is 23.3 Å². The van der Waals surface area contributed by atoms with Gasteiger partial charge >= 0.3 is 6.03 Å². The fourth-order valence-corrected chi connectivity index (χ4v) is 3.03. The van der Waals surface area contributed by atoms with Crippen molar-refractivity contribution in [1.29, 1.82) is 0 Å². The average Bonchev–Trinajstić information content (AvgIpc) is 2.92. The summed E-state index contributed by atoms with van der Waals surface area (Å²) in [6, 6.07) is 26.0. The van der Waals surface area contributed by atoms with Crippen LogP contribution in [0, 0.1) is 0 Å². The third-order valence-electron chi connectivity index (χ3n) is 4.77. The largest absolute Gasteiger partial charge is 0.439 e. The van der Waals surface area contributed by atoms with Gasteiger partial charge in [0.1, 0.15) is 11.5 Å². The molecule has 0 aliphatic rings. The highest BCUT2D eigenvalue weighted by molar-refractivity contribution is 5.99. The van der Waals surface area contributed by atoms with Gasteiger partial charge in [-0.25, -0.2) is 14.8 Å². The van der Waals surface area contributed by atoms with Crippen molar-refractivity contribution < 1.29 is 14.3 Å². The number of amides is 2.